The Labute approximate surface area is 172 Å². The molecule has 28 heavy (non-hydrogen) atoms. The molecule has 0 spiro atoms. The molecule has 5 nitrogen and oxygen atoms in total. The van der Waals surface area contributed by atoms with Gasteiger partial charge in [-0.3, -0.25) is 0 Å². The van der Waals surface area contributed by atoms with Crippen LogP contribution >= 0.6 is 0 Å². The van der Waals surface area contributed by atoms with Gasteiger partial charge in [0.15, 0.2) is 0 Å². The van der Waals surface area contributed by atoms with Crippen molar-refractivity contribution >= 4 is 17.1 Å². The summed E-state index contributed by atoms with van der Waals surface area (Å²) in [7, 11) is -1.18. The number of amides is 1. The largest absolute Gasteiger partial charge is 0.444 e. The summed E-state index contributed by atoms with van der Waals surface area (Å²) in [6, 6.07) is 10.3. The van der Waals surface area contributed by atoms with Gasteiger partial charge in [0.05, 0.1) is 15.7 Å². The van der Waals surface area contributed by atoms with Crippen LogP contribution in [0.25, 0.3) is 0 Å². The predicted octanol–water partition coefficient (Wildman–Crippen LogP) is 4.44. The second kappa shape index (κ2) is 8.95. The highest BCUT2D eigenvalue weighted by Crippen LogP contribution is 2.29. The molecule has 0 aliphatic carbocycles. The van der Waals surface area contributed by atoms with Crippen LogP contribution in [0, 0.1) is 0 Å². The number of rotatable bonds is 4. The first-order valence-electron chi connectivity index (χ1n) is 10.1. The summed E-state index contributed by atoms with van der Waals surface area (Å²) in [6.07, 6.45) is 2.98. The fourth-order valence-electron chi connectivity index (χ4n) is 3.35. The summed E-state index contributed by atoms with van der Waals surface area (Å²) in [4.78, 5) is 14.3. The lowest BCUT2D eigenvalue weighted by Gasteiger charge is -2.36. The molecule has 1 heterocycles. The number of nitrogens with one attached hydrogen (secondary N) is 1. The Kier molecular flexibility index (Phi) is 7.32. The van der Waals surface area contributed by atoms with Gasteiger partial charge in [-0.05, 0) is 72.8 Å². The molecule has 2 unspecified atom stereocenters. The van der Waals surface area contributed by atoms with Crippen molar-refractivity contribution in [1.82, 2.24) is 9.62 Å². The van der Waals surface area contributed by atoms with Crippen molar-refractivity contribution in [3.8, 4) is 0 Å². The Morgan fingerprint density at radius 1 is 1.11 bits per heavy atom. The molecule has 158 valence electrons. The minimum absolute atomic E-state index is 0.264. The fourth-order valence-corrected chi connectivity index (χ4v) is 4.33. The number of likely N-dealkylation sites (tertiary alicyclic amines) is 1. The molecule has 1 amide bonds. The number of carbonyl (C=O) groups is 1. The second-order valence-corrected chi connectivity index (χ2v) is 11.7. The molecule has 0 aromatic heterocycles. The number of benzene rings is 1. The van der Waals surface area contributed by atoms with E-state index in [4.69, 9.17) is 4.74 Å². The van der Waals surface area contributed by atoms with Crippen LogP contribution in [-0.4, -0.2) is 44.2 Å². The lowest BCUT2D eigenvalue weighted by molar-refractivity contribution is 0.0254. The van der Waals surface area contributed by atoms with Gasteiger partial charge in [0.1, 0.15) is 5.60 Å². The van der Waals surface area contributed by atoms with Gasteiger partial charge in [-0.25, -0.2) is 13.7 Å². The van der Waals surface area contributed by atoms with Crippen molar-refractivity contribution in [1.29, 1.82) is 0 Å². The normalized spacial score (nSPS) is 22.4. The molecule has 1 N–H and O–H groups in total. The highest BCUT2D eigenvalue weighted by Gasteiger charge is 2.38. The molecule has 1 aromatic carbocycles. The Morgan fingerprint density at radius 2 is 1.75 bits per heavy atom. The maximum absolute atomic E-state index is 12.9. The highest BCUT2D eigenvalue weighted by atomic mass is 32.2. The van der Waals surface area contributed by atoms with Gasteiger partial charge >= 0.3 is 6.09 Å². The van der Waals surface area contributed by atoms with Gasteiger partial charge in [-0.15, -0.1) is 0 Å². The number of hydrogen-bond donors (Lipinski definition) is 1. The van der Waals surface area contributed by atoms with Gasteiger partial charge in [-0.1, -0.05) is 30.3 Å². The maximum atomic E-state index is 12.9. The molecule has 6 heteroatoms. The van der Waals surface area contributed by atoms with Crippen molar-refractivity contribution in [3.63, 3.8) is 0 Å². The summed E-state index contributed by atoms with van der Waals surface area (Å²) in [5.74, 6) is 0. The van der Waals surface area contributed by atoms with Gasteiger partial charge in [0.2, 0.25) is 0 Å². The van der Waals surface area contributed by atoms with E-state index < -0.39 is 16.6 Å². The van der Waals surface area contributed by atoms with Crippen molar-refractivity contribution in [2.24, 2.45) is 0 Å². The van der Waals surface area contributed by atoms with E-state index in [-0.39, 0.29) is 16.4 Å². The quantitative estimate of drug-likeness (QED) is 0.801. The van der Waals surface area contributed by atoms with E-state index in [9.17, 15) is 9.00 Å². The summed E-state index contributed by atoms with van der Waals surface area (Å²) in [5, 5.41) is 0. The van der Waals surface area contributed by atoms with Crippen molar-refractivity contribution in [2.45, 2.75) is 83.1 Å². The van der Waals surface area contributed by atoms with E-state index in [1.807, 2.05) is 59.7 Å². The zero-order valence-electron chi connectivity index (χ0n) is 18.2. The molecule has 0 saturated carbocycles. The summed E-state index contributed by atoms with van der Waals surface area (Å²) in [6.45, 7) is 12.9. The van der Waals surface area contributed by atoms with Gasteiger partial charge in [0, 0.05) is 18.6 Å². The van der Waals surface area contributed by atoms with Crippen LogP contribution in [0.1, 0.15) is 66.4 Å². The maximum Gasteiger partial charge on any atom is 0.410 e. The Bertz CT molecular complexity index is 679. The standard InChI is InChI=1S/C22H36N2O3S/c1-20(2,3)27-19(25)24-15-10-13-22(14-16-24,23-28(26)21(4,5)6)17-18-11-8-7-9-12-18/h7-9,11-12,23H,10,13-17H2,1-6H3. The Hall–Kier alpha value is -1.40. The first kappa shape index (κ1) is 22.9. The minimum atomic E-state index is -1.18. The molecular weight excluding hydrogens is 372 g/mol. The first-order valence-corrected chi connectivity index (χ1v) is 11.3. The third-order valence-corrected chi connectivity index (χ3v) is 6.58. The zero-order valence-corrected chi connectivity index (χ0v) is 19.0. The van der Waals surface area contributed by atoms with Crippen LogP contribution in [-0.2, 0) is 22.1 Å². The molecule has 2 rings (SSSR count). The number of ether oxygens (including phenoxy) is 1. The van der Waals surface area contributed by atoms with Crippen LogP contribution in [0.5, 0.6) is 0 Å². The van der Waals surface area contributed by atoms with Gasteiger partial charge in [0.25, 0.3) is 0 Å². The molecule has 1 aliphatic heterocycles. The molecular formula is C22H36N2O3S. The van der Waals surface area contributed by atoms with Crippen molar-refractivity contribution in [2.75, 3.05) is 13.1 Å². The third kappa shape index (κ3) is 6.89. The SMILES string of the molecule is CC(C)(C)OC(=O)N1CCCC(Cc2ccccc2)(NS(=O)C(C)(C)C)CC1. The van der Waals surface area contributed by atoms with E-state index in [1.165, 1.54) is 5.56 Å². The lowest BCUT2D eigenvalue weighted by atomic mass is 9.85. The monoisotopic (exact) mass is 408 g/mol. The Balaban J connectivity index is 2.19. The average molecular weight is 409 g/mol. The highest BCUT2D eigenvalue weighted by molar-refractivity contribution is 7.84. The summed E-state index contributed by atoms with van der Waals surface area (Å²) >= 11 is 0. The fraction of sp³-hybridized carbons (Fsp3) is 0.682. The third-order valence-electron chi connectivity index (χ3n) is 4.85. The summed E-state index contributed by atoms with van der Waals surface area (Å²) in [5.41, 5.74) is 0.402. The zero-order chi connectivity index (χ0) is 21.0. The van der Waals surface area contributed by atoms with Crippen molar-refractivity contribution < 1.29 is 13.7 Å². The van der Waals surface area contributed by atoms with E-state index in [1.54, 1.807) is 4.90 Å². The number of hydrogen-bond acceptors (Lipinski definition) is 3. The lowest BCUT2D eigenvalue weighted by Crippen LogP contribution is -2.52. The van der Waals surface area contributed by atoms with E-state index in [0.717, 1.165) is 25.7 Å². The van der Waals surface area contributed by atoms with Crippen LogP contribution in [0.15, 0.2) is 30.3 Å². The second-order valence-electron chi connectivity index (χ2n) is 9.75. The summed E-state index contributed by atoms with van der Waals surface area (Å²) < 4.78 is 21.6. The Morgan fingerprint density at radius 3 is 2.32 bits per heavy atom. The number of nitrogens with zero attached hydrogens (tertiary/aromatic N) is 1. The number of carbonyl (C=O) groups excluding carboxylic acids is 1. The smallest absolute Gasteiger partial charge is 0.410 e. The van der Waals surface area contributed by atoms with Crippen LogP contribution in [0.3, 0.4) is 0 Å². The molecule has 1 fully saturated rings. The molecule has 0 bridgehead atoms. The average Bonchev–Trinajstić information content (AvgIpc) is 2.76. The molecule has 2 atom stereocenters. The van der Waals surface area contributed by atoms with Gasteiger partial charge in [-0.2, -0.15) is 0 Å². The van der Waals surface area contributed by atoms with E-state index in [0.29, 0.717) is 13.1 Å². The predicted molar refractivity (Wildman–Crippen MR) is 116 cm³/mol. The molecule has 1 aromatic rings. The first-order chi connectivity index (χ1) is 12.9. The van der Waals surface area contributed by atoms with E-state index >= 15 is 0 Å². The van der Waals surface area contributed by atoms with Crippen molar-refractivity contribution in [3.05, 3.63) is 35.9 Å². The van der Waals surface area contributed by atoms with E-state index in [2.05, 4.69) is 16.9 Å². The van der Waals surface area contributed by atoms with Crippen LogP contribution in [0.2, 0.25) is 0 Å². The molecule has 1 saturated heterocycles. The van der Waals surface area contributed by atoms with Crippen LogP contribution < -0.4 is 4.72 Å². The minimum Gasteiger partial charge on any atom is -0.444 e. The topological polar surface area (TPSA) is 58.6 Å². The van der Waals surface area contributed by atoms with Crippen LogP contribution in [0.4, 0.5) is 4.79 Å². The van der Waals surface area contributed by atoms with Gasteiger partial charge < -0.3 is 9.64 Å². The molecule has 0 radical (unpaired) electrons. The molecule has 1 aliphatic rings.